The van der Waals surface area contributed by atoms with E-state index in [1.165, 1.54) is 5.56 Å². The molecule has 5 heteroatoms. The summed E-state index contributed by atoms with van der Waals surface area (Å²) >= 11 is 3.43. The largest absolute Gasteiger partial charge is 0.214 e. The first-order valence-electron chi connectivity index (χ1n) is 6.67. The zero-order chi connectivity index (χ0) is 14.0. The summed E-state index contributed by atoms with van der Waals surface area (Å²) in [6, 6.07) is 8.23. The molecule has 1 N–H and O–H groups in total. The molecule has 0 saturated heterocycles. The summed E-state index contributed by atoms with van der Waals surface area (Å²) in [6.07, 6.45) is 3.05. The molecule has 1 aromatic rings. The number of benzene rings is 1. The smallest absolute Gasteiger partial charge is 0.212 e. The number of rotatable bonds is 4. The van der Waals surface area contributed by atoms with Crippen molar-refractivity contribution in [1.29, 1.82) is 0 Å². The lowest BCUT2D eigenvalue weighted by Crippen LogP contribution is -2.40. The Labute approximate surface area is 124 Å². The average molecular weight is 346 g/mol. The predicted molar refractivity (Wildman–Crippen MR) is 81.7 cm³/mol. The van der Waals surface area contributed by atoms with Crippen molar-refractivity contribution < 1.29 is 8.42 Å². The van der Waals surface area contributed by atoms with Gasteiger partial charge in [0.2, 0.25) is 10.0 Å². The Morgan fingerprint density at radius 1 is 1.21 bits per heavy atom. The second-order valence-corrected chi connectivity index (χ2v) is 8.59. The Morgan fingerprint density at radius 2 is 1.84 bits per heavy atom. The Hall–Kier alpha value is -0.390. The van der Waals surface area contributed by atoms with Gasteiger partial charge >= 0.3 is 0 Å². The molecule has 1 aromatic carbocycles. The van der Waals surface area contributed by atoms with Gasteiger partial charge in [-0.2, -0.15) is 0 Å². The molecule has 2 rings (SSSR count). The van der Waals surface area contributed by atoms with Crippen LogP contribution in [-0.4, -0.2) is 19.7 Å². The van der Waals surface area contributed by atoms with Crippen molar-refractivity contribution in [1.82, 2.24) is 4.72 Å². The third-order valence-electron chi connectivity index (χ3n) is 3.75. The van der Waals surface area contributed by atoms with Crippen molar-refractivity contribution in [2.24, 2.45) is 0 Å². The van der Waals surface area contributed by atoms with Gasteiger partial charge in [0.05, 0.1) is 5.25 Å². The van der Waals surface area contributed by atoms with Gasteiger partial charge in [-0.3, -0.25) is 0 Å². The molecule has 2 atom stereocenters. The van der Waals surface area contributed by atoms with Crippen molar-refractivity contribution in [3.63, 3.8) is 0 Å². The highest BCUT2D eigenvalue weighted by atomic mass is 79.9. The van der Waals surface area contributed by atoms with Gasteiger partial charge in [0.25, 0.3) is 0 Å². The van der Waals surface area contributed by atoms with E-state index in [2.05, 4.69) is 32.8 Å². The fraction of sp³-hybridized carbons (Fsp3) is 0.571. The fourth-order valence-electron chi connectivity index (χ4n) is 2.56. The van der Waals surface area contributed by atoms with Gasteiger partial charge in [-0.1, -0.05) is 34.5 Å². The molecular weight excluding hydrogens is 326 g/mol. The second-order valence-electron chi connectivity index (χ2n) is 5.41. The number of nitrogens with one attached hydrogen (secondary N) is 1. The van der Waals surface area contributed by atoms with E-state index in [1.807, 2.05) is 12.1 Å². The highest BCUT2D eigenvalue weighted by Gasteiger charge is 2.32. The Kier molecular flexibility index (Phi) is 4.69. The monoisotopic (exact) mass is 345 g/mol. The molecule has 1 fully saturated rings. The summed E-state index contributed by atoms with van der Waals surface area (Å²) in [4.78, 5) is 0. The van der Waals surface area contributed by atoms with Crippen LogP contribution in [0.15, 0.2) is 28.7 Å². The predicted octanol–water partition coefficient (Wildman–Crippen LogP) is 3.41. The molecule has 0 amide bonds. The summed E-state index contributed by atoms with van der Waals surface area (Å²) in [5.41, 5.74) is 1.22. The van der Waals surface area contributed by atoms with Gasteiger partial charge in [-0.25, -0.2) is 13.1 Å². The fourth-order valence-corrected chi connectivity index (χ4v) is 3.80. The summed E-state index contributed by atoms with van der Waals surface area (Å²) in [5, 5.41) is -0.376. The minimum Gasteiger partial charge on any atom is -0.212 e. The first-order valence-corrected chi connectivity index (χ1v) is 9.00. The van der Waals surface area contributed by atoms with Crippen molar-refractivity contribution >= 4 is 26.0 Å². The minimum atomic E-state index is -3.19. The summed E-state index contributed by atoms with van der Waals surface area (Å²) in [5.74, 6) is 0.293. The Bertz CT molecular complexity index is 525. The van der Waals surface area contributed by atoms with Gasteiger partial charge in [0.1, 0.15) is 0 Å². The Morgan fingerprint density at radius 3 is 2.42 bits per heavy atom. The number of sulfonamides is 1. The van der Waals surface area contributed by atoms with Crippen LogP contribution in [0.25, 0.3) is 0 Å². The van der Waals surface area contributed by atoms with Gasteiger partial charge < -0.3 is 0 Å². The molecule has 0 aliphatic heterocycles. The highest BCUT2D eigenvalue weighted by molar-refractivity contribution is 9.10. The van der Waals surface area contributed by atoms with Crippen LogP contribution in [0.2, 0.25) is 0 Å². The van der Waals surface area contributed by atoms with Crippen molar-refractivity contribution in [3.05, 3.63) is 34.3 Å². The van der Waals surface area contributed by atoms with E-state index < -0.39 is 10.0 Å². The third kappa shape index (κ3) is 3.58. The zero-order valence-electron chi connectivity index (χ0n) is 11.3. The summed E-state index contributed by atoms with van der Waals surface area (Å²) in [6.45, 7) is 3.43. The lowest BCUT2D eigenvalue weighted by Gasteiger charge is -2.22. The normalized spacial score (nSPS) is 24.0. The van der Waals surface area contributed by atoms with Gasteiger partial charge in [0, 0.05) is 16.4 Å². The third-order valence-corrected chi connectivity index (χ3v) is 6.15. The molecule has 1 aliphatic carbocycles. The van der Waals surface area contributed by atoms with Crippen molar-refractivity contribution in [2.75, 3.05) is 0 Å². The van der Waals surface area contributed by atoms with Crippen LogP contribution in [-0.2, 0) is 10.0 Å². The van der Waals surface area contributed by atoms with Gasteiger partial charge in [-0.05, 0) is 44.4 Å². The van der Waals surface area contributed by atoms with Gasteiger partial charge in [0.15, 0.2) is 0 Å². The number of hydrogen-bond acceptors (Lipinski definition) is 2. The average Bonchev–Trinajstić information content (AvgIpc) is 2.77. The lowest BCUT2D eigenvalue weighted by atomic mass is 9.95. The molecule has 3 nitrogen and oxygen atoms in total. The van der Waals surface area contributed by atoms with E-state index in [1.54, 1.807) is 13.8 Å². The van der Waals surface area contributed by atoms with E-state index in [-0.39, 0.29) is 11.3 Å². The molecule has 2 unspecified atom stereocenters. The van der Waals surface area contributed by atoms with Crippen molar-refractivity contribution in [3.8, 4) is 0 Å². The second kappa shape index (κ2) is 5.94. The van der Waals surface area contributed by atoms with Crippen LogP contribution in [0.4, 0.5) is 0 Å². The molecule has 0 spiro atoms. The molecule has 0 radical (unpaired) electrons. The van der Waals surface area contributed by atoms with E-state index in [9.17, 15) is 8.42 Å². The topological polar surface area (TPSA) is 46.2 Å². The van der Waals surface area contributed by atoms with E-state index >= 15 is 0 Å². The maximum Gasteiger partial charge on any atom is 0.214 e. The quantitative estimate of drug-likeness (QED) is 0.908. The summed E-state index contributed by atoms with van der Waals surface area (Å²) in [7, 11) is -3.19. The molecule has 1 aliphatic rings. The van der Waals surface area contributed by atoms with Crippen LogP contribution in [0, 0.1) is 0 Å². The molecule has 19 heavy (non-hydrogen) atoms. The molecule has 1 saturated carbocycles. The van der Waals surface area contributed by atoms with Crippen LogP contribution >= 0.6 is 15.9 Å². The van der Waals surface area contributed by atoms with E-state index in [0.29, 0.717) is 5.92 Å². The lowest BCUT2D eigenvalue weighted by molar-refractivity contribution is 0.519. The SMILES string of the molecule is CC(C)S(=O)(=O)NC1CCCC1c1ccc(Br)cc1. The maximum atomic E-state index is 12.0. The molecule has 106 valence electrons. The first kappa shape index (κ1) is 15.0. The summed E-state index contributed by atoms with van der Waals surface area (Å²) < 4.78 is 27.9. The van der Waals surface area contributed by atoms with E-state index in [4.69, 9.17) is 0 Å². The van der Waals surface area contributed by atoms with Crippen LogP contribution in [0.1, 0.15) is 44.6 Å². The number of hydrogen-bond donors (Lipinski definition) is 1. The Balaban J connectivity index is 2.15. The maximum absolute atomic E-state index is 12.0. The van der Waals surface area contributed by atoms with Crippen molar-refractivity contribution in [2.45, 2.75) is 50.3 Å². The highest BCUT2D eigenvalue weighted by Crippen LogP contribution is 2.35. The molecular formula is C14H20BrNO2S. The first-order chi connectivity index (χ1) is 8.90. The van der Waals surface area contributed by atoms with Crippen LogP contribution in [0.5, 0.6) is 0 Å². The van der Waals surface area contributed by atoms with Crippen LogP contribution < -0.4 is 4.72 Å². The van der Waals surface area contributed by atoms with E-state index in [0.717, 1.165) is 23.7 Å². The standard InChI is InChI=1S/C14H20BrNO2S/c1-10(2)19(17,18)16-14-5-3-4-13(14)11-6-8-12(15)9-7-11/h6-10,13-14,16H,3-5H2,1-2H3. The molecule has 0 heterocycles. The minimum absolute atomic E-state index is 0.0357. The molecule has 0 aromatic heterocycles. The number of halogens is 1. The molecule has 0 bridgehead atoms. The van der Waals surface area contributed by atoms with Crippen LogP contribution in [0.3, 0.4) is 0 Å². The van der Waals surface area contributed by atoms with Gasteiger partial charge in [-0.15, -0.1) is 0 Å². The zero-order valence-corrected chi connectivity index (χ0v) is 13.7.